The largest absolute Gasteiger partial charge is 1.00 e. The first kappa shape index (κ1) is 29.9. The third-order valence-electron chi connectivity index (χ3n) is 5.35. The Bertz CT molecular complexity index is 1400. The van der Waals surface area contributed by atoms with Crippen molar-refractivity contribution in [1.29, 1.82) is 0 Å². The van der Waals surface area contributed by atoms with E-state index in [1.165, 1.54) is 31.2 Å². The molecular formula is C27H27NaO9. The fraction of sp³-hybridized carbons (Fsp3) is 0.222. The van der Waals surface area contributed by atoms with Crippen molar-refractivity contribution in [3.8, 4) is 17.2 Å². The molecule has 1 unspecified atom stereocenters. The maximum absolute atomic E-state index is 12.3. The summed E-state index contributed by atoms with van der Waals surface area (Å²) in [6.45, 7) is 8.28. The Labute approximate surface area is 236 Å². The number of rotatable bonds is 12. The van der Waals surface area contributed by atoms with Gasteiger partial charge in [0.1, 0.15) is 42.1 Å². The summed E-state index contributed by atoms with van der Waals surface area (Å²) in [6.07, 6.45) is 2.48. The van der Waals surface area contributed by atoms with Crippen LogP contribution in [0.25, 0.3) is 11.0 Å². The number of phenolic OH excluding ortho intramolecular Hbond substituents is 1. The van der Waals surface area contributed by atoms with E-state index < -0.39 is 23.3 Å². The second-order valence-electron chi connectivity index (χ2n) is 7.96. The summed E-state index contributed by atoms with van der Waals surface area (Å²) >= 11 is 0. The maximum Gasteiger partial charge on any atom is 1.00 e. The minimum Gasteiger partial charge on any atom is -1.00 e. The smallest absolute Gasteiger partial charge is 1.00 e. The van der Waals surface area contributed by atoms with Gasteiger partial charge >= 0.3 is 35.5 Å². The minimum absolute atomic E-state index is 0. The fourth-order valence-electron chi connectivity index (χ4n) is 3.63. The first-order chi connectivity index (χ1) is 17.2. The van der Waals surface area contributed by atoms with E-state index in [0.29, 0.717) is 11.1 Å². The predicted octanol–water partition coefficient (Wildman–Crippen LogP) is 0.792. The molecule has 0 spiro atoms. The van der Waals surface area contributed by atoms with E-state index in [1.807, 2.05) is 0 Å². The molecular weight excluding hydrogens is 491 g/mol. The van der Waals surface area contributed by atoms with Gasteiger partial charge in [-0.05, 0) is 44.0 Å². The SMILES string of the molecule is C=CCc1c(OCC(O)COc2ccc3c(=O)cc(C(=O)O)oc3c2CC=C)ccc(C(C)=O)c1O.[H-].[Na+]. The summed E-state index contributed by atoms with van der Waals surface area (Å²) in [7, 11) is 0. The molecule has 1 atom stereocenters. The summed E-state index contributed by atoms with van der Waals surface area (Å²) in [5, 5.41) is 30.3. The molecule has 3 N–H and O–H groups in total. The Morgan fingerprint density at radius 3 is 2.19 bits per heavy atom. The molecule has 0 bridgehead atoms. The number of aliphatic hydroxyl groups is 1. The fourth-order valence-corrected chi connectivity index (χ4v) is 3.63. The molecule has 0 aliphatic carbocycles. The van der Waals surface area contributed by atoms with Gasteiger partial charge in [-0.2, -0.15) is 0 Å². The van der Waals surface area contributed by atoms with Gasteiger partial charge in [-0.25, -0.2) is 4.79 Å². The Morgan fingerprint density at radius 1 is 1.05 bits per heavy atom. The molecule has 0 aliphatic heterocycles. The summed E-state index contributed by atoms with van der Waals surface area (Å²) in [5.74, 6) is -1.80. The van der Waals surface area contributed by atoms with Crippen LogP contribution in [0.1, 0.15) is 40.4 Å². The van der Waals surface area contributed by atoms with Gasteiger partial charge in [0.05, 0.1) is 10.9 Å². The van der Waals surface area contributed by atoms with Crippen molar-refractivity contribution in [2.45, 2.75) is 25.9 Å². The molecule has 3 aromatic rings. The first-order valence-electron chi connectivity index (χ1n) is 11.0. The summed E-state index contributed by atoms with van der Waals surface area (Å²) < 4.78 is 16.9. The molecule has 3 rings (SSSR count). The zero-order chi connectivity index (χ0) is 26.4. The van der Waals surface area contributed by atoms with Crippen molar-refractivity contribution in [2.24, 2.45) is 0 Å². The third-order valence-corrected chi connectivity index (χ3v) is 5.35. The van der Waals surface area contributed by atoms with Gasteiger partial charge < -0.3 is 30.6 Å². The number of carboxylic acid groups (broad SMARTS) is 1. The van der Waals surface area contributed by atoms with Crippen molar-refractivity contribution in [3.63, 3.8) is 0 Å². The predicted molar refractivity (Wildman–Crippen MR) is 133 cm³/mol. The van der Waals surface area contributed by atoms with Crippen LogP contribution >= 0.6 is 0 Å². The molecule has 0 amide bonds. The van der Waals surface area contributed by atoms with Crippen LogP contribution in [0.2, 0.25) is 0 Å². The molecule has 2 aromatic carbocycles. The number of allylic oxidation sites excluding steroid dienone is 2. The maximum atomic E-state index is 12.3. The molecule has 0 saturated carbocycles. The van der Waals surface area contributed by atoms with E-state index >= 15 is 0 Å². The number of ketones is 1. The molecule has 0 saturated heterocycles. The molecule has 0 aliphatic rings. The topological polar surface area (TPSA) is 144 Å². The first-order valence-corrected chi connectivity index (χ1v) is 11.0. The van der Waals surface area contributed by atoms with Gasteiger partial charge in [0, 0.05) is 17.2 Å². The number of aromatic hydroxyl groups is 1. The molecule has 0 radical (unpaired) electrons. The van der Waals surface area contributed by atoms with Crippen LogP contribution in [-0.4, -0.2) is 46.4 Å². The van der Waals surface area contributed by atoms with Gasteiger partial charge in [0.15, 0.2) is 11.2 Å². The number of ether oxygens (including phenoxy) is 2. The Hall–Kier alpha value is -3.37. The molecule has 190 valence electrons. The number of carbonyl (C=O) groups is 2. The van der Waals surface area contributed by atoms with Gasteiger partial charge in [0.2, 0.25) is 5.76 Å². The van der Waals surface area contributed by atoms with Gasteiger partial charge in [-0.3, -0.25) is 9.59 Å². The number of benzene rings is 2. The van der Waals surface area contributed by atoms with E-state index in [2.05, 4.69) is 13.2 Å². The second-order valence-corrected chi connectivity index (χ2v) is 7.96. The van der Waals surface area contributed by atoms with Gasteiger partial charge in [0.25, 0.3) is 0 Å². The van der Waals surface area contributed by atoms with Crippen LogP contribution in [0, 0.1) is 0 Å². The molecule has 9 nitrogen and oxygen atoms in total. The zero-order valence-corrected chi connectivity index (χ0v) is 22.7. The molecule has 37 heavy (non-hydrogen) atoms. The zero-order valence-electron chi connectivity index (χ0n) is 21.7. The van der Waals surface area contributed by atoms with Crippen LogP contribution in [0.4, 0.5) is 0 Å². The van der Waals surface area contributed by atoms with Gasteiger partial charge in [-0.15, -0.1) is 13.2 Å². The molecule has 1 heterocycles. The number of carbonyl (C=O) groups excluding carboxylic acids is 1. The standard InChI is InChI=1S/C27H26O9.Na.H/c1-4-6-19-22(10-8-17(15(3)28)25(19)31)34-13-16(29)14-35-23-11-9-18-21(30)12-24(27(32)33)36-26(18)20(23)7-5-2;;/h4-5,8-12,16,29,31H,1-2,6-7,13-14H2,3H3,(H,32,33);;/q;+1;-1. The van der Waals surface area contributed by atoms with E-state index in [1.54, 1.807) is 12.2 Å². The summed E-state index contributed by atoms with van der Waals surface area (Å²) in [6, 6.07) is 6.88. The van der Waals surface area contributed by atoms with Gasteiger partial charge in [-0.1, -0.05) is 12.2 Å². The normalized spacial score (nSPS) is 11.3. The van der Waals surface area contributed by atoms with E-state index in [9.17, 15) is 29.7 Å². The number of hydrogen-bond acceptors (Lipinski definition) is 8. The Kier molecular flexibility index (Phi) is 10.7. The van der Waals surface area contributed by atoms with Crippen LogP contribution in [0.3, 0.4) is 0 Å². The average molecular weight is 518 g/mol. The molecule has 1 aromatic heterocycles. The summed E-state index contributed by atoms with van der Waals surface area (Å²) in [4.78, 5) is 35.4. The Morgan fingerprint density at radius 2 is 1.62 bits per heavy atom. The number of carboxylic acids is 1. The Balaban J connectivity index is 0.00000361. The number of aromatic carboxylic acids is 1. The van der Waals surface area contributed by atoms with E-state index in [4.69, 9.17) is 13.9 Å². The number of fused-ring (bicyclic) bond motifs is 1. The quantitative estimate of drug-likeness (QED) is 0.180. The number of phenols is 1. The van der Waals surface area contributed by atoms with Crippen molar-refractivity contribution in [1.82, 2.24) is 0 Å². The van der Waals surface area contributed by atoms with Crippen LogP contribution < -0.4 is 44.5 Å². The average Bonchev–Trinajstić information content (AvgIpc) is 2.83. The van der Waals surface area contributed by atoms with Crippen molar-refractivity contribution in [3.05, 3.63) is 88.3 Å². The second kappa shape index (κ2) is 13.3. The number of hydrogen-bond donors (Lipinski definition) is 3. The molecule has 0 fully saturated rings. The van der Waals surface area contributed by atoms with Crippen molar-refractivity contribution in [2.75, 3.05) is 13.2 Å². The third kappa shape index (κ3) is 6.90. The van der Waals surface area contributed by atoms with Crippen LogP contribution in [-0.2, 0) is 12.8 Å². The minimum atomic E-state index is -1.38. The summed E-state index contributed by atoms with van der Waals surface area (Å²) in [5.41, 5.74) is 0.505. The monoisotopic (exact) mass is 518 g/mol. The number of aliphatic hydroxyl groups excluding tert-OH is 1. The molecule has 10 heteroatoms. The van der Waals surface area contributed by atoms with Crippen LogP contribution in [0.15, 0.2) is 64.9 Å². The van der Waals surface area contributed by atoms with E-state index in [-0.39, 0.29) is 96.6 Å². The van der Waals surface area contributed by atoms with Crippen LogP contribution in [0.5, 0.6) is 17.2 Å². The van der Waals surface area contributed by atoms with Crippen molar-refractivity contribution >= 4 is 22.7 Å². The number of Topliss-reactive ketones (excluding diaryl/α,β-unsaturated/α-hetero) is 1. The van der Waals surface area contributed by atoms with Crippen molar-refractivity contribution < 1.29 is 69.8 Å². The van der Waals surface area contributed by atoms with E-state index in [0.717, 1.165) is 6.07 Å².